The molecular formula is C17H13Cl3N4O. The van der Waals surface area contributed by atoms with Crippen molar-refractivity contribution in [2.24, 2.45) is 0 Å². The Morgan fingerprint density at radius 2 is 1.52 bits per heavy atom. The van der Waals surface area contributed by atoms with Crippen LogP contribution in [0.2, 0.25) is 15.1 Å². The second kappa shape index (κ2) is 7.04. The summed E-state index contributed by atoms with van der Waals surface area (Å²) in [4.78, 5) is 21.3. The summed E-state index contributed by atoms with van der Waals surface area (Å²) in [5, 5.41) is 1.01. The van der Waals surface area contributed by atoms with E-state index in [-0.39, 0.29) is 5.91 Å². The average molecular weight is 396 g/mol. The Labute approximate surface area is 159 Å². The molecule has 0 saturated carbocycles. The maximum atomic E-state index is 12.4. The fourth-order valence-corrected chi connectivity index (χ4v) is 3.14. The molecule has 0 radical (unpaired) electrons. The van der Waals surface area contributed by atoms with E-state index < -0.39 is 0 Å². The highest BCUT2D eigenvalue weighted by Crippen LogP contribution is 2.33. The highest BCUT2D eigenvalue weighted by atomic mass is 35.5. The van der Waals surface area contributed by atoms with Gasteiger partial charge in [0, 0.05) is 10.6 Å². The van der Waals surface area contributed by atoms with Gasteiger partial charge in [-0.05, 0) is 44.2 Å². The number of benzene rings is 2. The highest BCUT2D eigenvalue weighted by Gasteiger charge is 2.11. The Bertz CT molecular complexity index is 968. The van der Waals surface area contributed by atoms with E-state index in [0.29, 0.717) is 31.8 Å². The largest absolute Gasteiger partial charge is 0.295 e. The summed E-state index contributed by atoms with van der Waals surface area (Å²) in [6.45, 7) is 3.77. The van der Waals surface area contributed by atoms with Crippen LogP contribution in [0.5, 0.6) is 0 Å². The van der Waals surface area contributed by atoms with E-state index in [1.807, 2.05) is 13.8 Å². The number of hydrogen-bond donors (Lipinski definition) is 2. The van der Waals surface area contributed by atoms with Crippen LogP contribution in [0.3, 0.4) is 0 Å². The van der Waals surface area contributed by atoms with E-state index in [2.05, 4.69) is 20.8 Å². The first-order valence-corrected chi connectivity index (χ1v) is 8.44. The van der Waals surface area contributed by atoms with Gasteiger partial charge in [-0.3, -0.25) is 15.6 Å². The Morgan fingerprint density at radius 1 is 0.920 bits per heavy atom. The zero-order chi connectivity index (χ0) is 18.1. The van der Waals surface area contributed by atoms with Crippen molar-refractivity contribution in [3.63, 3.8) is 0 Å². The van der Waals surface area contributed by atoms with Crippen LogP contribution in [-0.4, -0.2) is 15.9 Å². The zero-order valence-electron chi connectivity index (χ0n) is 13.3. The number of nitrogens with zero attached hydrogens (tertiary/aromatic N) is 2. The van der Waals surface area contributed by atoms with Gasteiger partial charge >= 0.3 is 0 Å². The van der Waals surface area contributed by atoms with Crippen LogP contribution < -0.4 is 10.9 Å². The Balaban J connectivity index is 1.82. The minimum atomic E-state index is -0.357. The highest BCUT2D eigenvalue weighted by molar-refractivity contribution is 6.41. The van der Waals surface area contributed by atoms with E-state index in [9.17, 15) is 4.79 Å². The summed E-state index contributed by atoms with van der Waals surface area (Å²) in [6.07, 6.45) is 0. The number of aryl methyl sites for hydroxylation is 2. The third-order valence-electron chi connectivity index (χ3n) is 3.65. The molecule has 0 fully saturated rings. The van der Waals surface area contributed by atoms with Gasteiger partial charge in [0.25, 0.3) is 5.91 Å². The third kappa shape index (κ3) is 3.79. The second-order valence-corrected chi connectivity index (χ2v) is 6.67. The molecule has 1 heterocycles. The number of amides is 1. The minimum absolute atomic E-state index is 0.299. The lowest BCUT2D eigenvalue weighted by Gasteiger charge is -2.12. The number of hydrazine groups is 1. The Hall–Kier alpha value is -2.08. The standard InChI is InChI=1S/C17H13Cl3N4O/c1-8-9(2)22-15-5-10(3-4-14(15)21-8)17(25)24-23-16-12(19)6-11(18)7-13(16)20/h3-7,23H,1-2H3,(H,24,25). The van der Waals surface area contributed by atoms with E-state index in [4.69, 9.17) is 34.8 Å². The molecule has 1 aromatic heterocycles. The molecule has 0 unspecified atom stereocenters. The van der Waals surface area contributed by atoms with E-state index in [1.54, 1.807) is 18.2 Å². The molecule has 3 rings (SSSR count). The van der Waals surface area contributed by atoms with Gasteiger partial charge in [-0.2, -0.15) is 0 Å². The van der Waals surface area contributed by atoms with E-state index in [1.165, 1.54) is 12.1 Å². The molecule has 0 aliphatic carbocycles. The lowest BCUT2D eigenvalue weighted by atomic mass is 10.1. The van der Waals surface area contributed by atoms with Crippen molar-refractivity contribution in [2.75, 3.05) is 5.43 Å². The fourth-order valence-electron chi connectivity index (χ4n) is 2.22. The summed E-state index contributed by atoms with van der Waals surface area (Å²) < 4.78 is 0. The number of hydrogen-bond acceptors (Lipinski definition) is 4. The van der Waals surface area contributed by atoms with Crippen LogP contribution in [0.1, 0.15) is 21.7 Å². The molecule has 0 aliphatic heterocycles. The second-order valence-electron chi connectivity index (χ2n) is 5.42. The number of halogens is 3. The minimum Gasteiger partial charge on any atom is -0.295 e. The van der Waals surface area contributed by atoms with Crippen molar-refractivity contribution in [2.45, 2.75) is 13.8 Å². The summed E-state index contributed by atoms with van der Waals surface area (Å²) >= 11 is 18.0. The van der Waals surface area contributed by atoms with E-state index in [0.717, 1.165) is 16.9 Å². The monoisotopic (exact) mass is 394 g/mol. The number of aromatic nitrogens is 2. The zero-order valence-corrected chi connectivity index (χ0v) is 15.6. The first-order chi connectivity index (χ1) is 11.8. The molecule has 0 aliphatic rings. The molecule has 8 heteroatoms. The van der Waals surface area contributed by atoms with Crippen molar-refractivity contribution in [3.05, 3.63) is 62.4 Å². The SMILES string of the molecule is Cc1nc2ccc(C(=O)NNc3c(Cl)cc(Cl)cc3Cl)cc2nc1C. The van der Waals surface area contributed by atoms with Crippen molar-refractivity contribution in [3.8, 4) is 0 Å². The van der Waals surface area contributed by atoms with Crippen molar-refractivity contribution >= 4 is 57.4 Å². The molecule has 3 aromatic rings. The van der Waals surface area contributed by atoms with Gasteiger partial charge in [-0.1, -0.05) is 34.8 Å². The van der Waals surface area contributed by atoms with E-state index >= 15 is 0 Å². The number of rotatable bonds is 3. The van der Waals surface area contributed by atoms with Gasteiger partial charge in [0.2, 0.25) is 0 Å². The van der Waals surface area contributed by atoms with Gasteiger partial charge in [0.15, 0.2) is 0 Å². The predicted octanol–water partition coefficient (Wildman–Crippen LogP) is 4.96. The van der Waals surface area contributed by atoms with Crippen LogP contribution in [0, 0.1) is 13.8 Å². The quantitative estimate of drug-likeness (QED) is 0.615. The number of fused-ring (bicyclic) bond motifs is 1. The van der Waals surface area contributed by atoms with Crippen LogP contribution in [0.25, 0.3) is 11.0 Å². The maximum absolute atomic E-state index is 12.4. The molecule has 0 saturated heterocycles. The Kier molecular flexibility index (Phi) is 4.99. The van der Waals surface area contributed by atoms with Crippen LogP contribution in [0.15, 0.2) is 30.3 Å². The van der Waals surface area contributed by atoms with Gasteiger partial charge in [0.1, 0.15) is 0 Å². The Morgan fingerprint density at radius 3 is 2.16 bits per heavy atom. The maximum Gasteiger partial charge on any atom is 0.269 e. The first kappa shape index (κ1) is 17.7. The smallest absolute Gasteiger partial charge is 0.269 e. The molecule has 5 nitrogen and oxygen atoms in total. The molecule has 1 amide bonds. The van der Waals surface area contributed by atoms with Crippen molar-refractivity contribution in [1.82, 2.24) is 15.4 Å². The molecule has 2 N–H and O–H groups in total. The summed E-state index contributed by atoms with van der Waals surface area (Å²) in [6, 6.07) is 8.16. The predicted molar refractivity (Wildman–Crippen MR) is 102 cm³/mol. The first-order valence-electron chi connectivity index (χ1n) is 7.31. The summed E-state index contributed by atoms with van der Waals surface area (Å²) in [5.74, 6) is -0.357. The molecule has 0 atom stereocenters. The number of carbonyl (C=O) groups is 1. The number of nitrogens with one attached hydrogen (secondary N) is 2. The molecule has 0 bridgehead atoms. The van der Waals surface area contributed by atoms with Crippen LogP contribution in [-0.2, 0) is 0 Å². The van der Waals surface area contributed by atoms with Crippen molar-refractivity contribution in [1.29, 1.82) is 0 Å². The van der Waals surface area contributed by atoms with Gasteiger partial charge in [0.05, 0.1) is 38.2 Å². The number of carbonyl (C=O) groups excluding carboxylic acids is 1. The third-order valence-corrected chi connectivity index (χ3v) is 4.46. The van der Waals surface area contributed by atoms with Crippen LogP contribution in [0.4, 0.5) is 5.69 Å². The molecule has 0 spiro atoms. The number of anilines is 1. The van der Waals surface area contributed by atoms with Gasteiger partial charge < -0.3 is 0 Å². The topological polar surface area (TPSA) is 66.9 Å². The summed E-state index contributed by atoms with van der Waals surface area (Å²) in [7, 11) is 0. The normalized spacial score (nSPS) is 10.8. The van der Waals surface area contributed by atoms with Gasteiger partial charge in [-0.25, -0.2) is 9.97 Å². The van der Waals surface area contributed by atoms with Crippen molar-refractivity contribution < 1.29 is 4.79 Å². The molecule has 2 aromatic carbocycles. The lowest BCUT2D eigenvalue weighted by Crippen LogP contribution is -2.29. The average Bonchev–Trinajstić information content (AvgIpc) is 2.54. The molecule has 25 heavy (non-hydrogen) atoms. The van der Waals surface area contributed by atoms with Gasteiger partial charge in [-0.15, -0.1) is 0 Å². The van der Waals surface area contributed by atoms with Crippen LogP contribution >= 0.6 is 34.8 Å². The molecular weight excluding hydrogens is 383 g/mol. The lowest BCUT2D eigenvalue weighted by molar-refractivity contribution is 0.0963. The fraction of sp³-hybridized carbons (Fsp3) is 0.118. The molecule has 128 valence electrons. The summed E-state index contributed by atoms with van der Waals surface area (Å²) in [5.41, 5.74) is 9.14.